The fourth-order valence-electron chi connectivity index (χ4n) is 3.17. The number of carbonyl (C=O) groups is 2. The molecule has 0 fully saturated rings. The summed E-state index contributed by atoms with van der Waals surface area (Å²) in [6.45, 7) is 2.11. The Morgan fingerprint density at radius 1 is 1.13 bits per heavy atom. The topological polar surface area (TPSA) is 103 Å². The van der Waals surface area contributed by atoms with Gasteiger partial charge in [-0.1, -0.05) is 0 Å². The Morgan fingerprint density at radius 2 is 1.84 bits per heavy atom. The zero-order valence-corrected chi connectivity index (χ0v) is 17.6. The number of rotatable bonds is 5. The lowest BCUT2D eigenvalue weighted by Crippen LogP contribution is -2.21. The largest absolute Gasteiger partial charge is 0.465 e. The molecule has 0 saturated heterocycles. The predicted molar refractivity (Wildman–Crippen MR) is 118 cm³/mol. The molecule has 9 heteroatoms. The number of fused-ring (bicyclic) bond motifs is 1. The maximum Gasteiger partial charge on any atom is 0.337 e. The van der Waals surface area contributed by atoms with Gasteiger partial charge in [-0.25, -0.2) is 9.78 Å². The number of ether oxygens (including phenoxy) is 1. The van der Waals surface area contributed by atoms with Gasteiger partial charge in [-0.3, -0.25) is 19.1 Å². The molecule has 0 saturated carbocycles. The van der Waals surface area contributed by atoms with Crippen LogP contribution in [0.1, 0.15) is 31.2 Å². The van der Waals surface area contributed by atoms with Gasteiger partial charge in [-0.05, 0) is 54.4 Å². The second kappa shape index (κ2) is 8.49. The molecular formula is C22H18N4O4S. The maximum absolute atomic E-state index is 13.0. The number of aryl methyl sites for hydroxylation is 1. The number of esters is 1. The molecule has 0 aliphatic carbocycles. The average Bonchev–Trinajstić information content (AvgIpc) is 3.13. The van der Waals surface area contributed by atoms with Crippen molar-refractivity contribution in [2.45, 2.75) is 13.5 Å². The first-order valence-electron chi connectivity index (χ1n) is 9.35. The van der Waals surface area contributed by atoms with E-state index >= 15 is 0 Å². The summed E-state index contributed by atoms with van der Waals surface area (Å²) < 4.78 is 6.19. The summed E-state index contributed by atoms with van der Waals surface area (Å²) in [5, 5.41) is 3.23. The van der Waals surface area contributed by atoms with Crippen LogP contribution in [0.25, 0.3) is 10.2 Å². The highest BCUT2D eigenvalue weighted by molar-refractivity contribution is 7.20. The number of methoxy groups -OCH3 is 1. The summed E-state index contributed by atoms with van der Waals surface area (Å²) in [7, 11) is 1.31. The quantitative estimate of drug-likeness (QED) is 0.484. The summed E-state index contributed by atoms with van der Waals surface area (Å²) in [4.78, 5) is 46.7. The van der Waals surface area contributed by atoms with E-state index in [4.69, 9.17) is 0 Å². The first-order valence-corrected chi connectivity index (χ1v) is 10.2. The molecule has 0 unspecified atom stereocenters. The number of nitrogens with zero attached hydrogens (tertiary/aromatic N) is 3. The summed E-state index contributed by atoms with van der Waals surface area (Å²) >= 11 is 1.17. The third kappa shape index (κ3) is 4.08. The Labute approximate surface area is 181 Å². The third-order valence-corrected chi connectivity index (χ3v) is 5.99. The highest BCUT2D eigenvalue weighted by Crippen LogP contribution is 2.27. The number of aromatic nitrogens is 3. The van der Waals surface area contributed by atoms with Crippen molar-refractivity contribution in [2.24, 2.45) is 0 Å². The standard InChI is InChI=1S/C22H18N4O4S/c1-13-17-20(24-12-26(21(17)28)11-14-7-9-23-10-8-14)31-18(13)19(27)25-16-5-3-15(4-6-16)22(29)30-2/h3-10,12H,11H2,1-2H3,(H,25,27). The van der Waals surface area contributed by atoms with Gasteiger partial charge in [0.15, 0.2) is 0 Å². The number of hydrogen-bond donors (Lipinski definition) is 1. The van der Waals surface area contributed by atoms with Crippen LogP contribution < -0.4 is 10.9 Å². The number of thiophene rings is 1. The van der Waals surface area contributed by atoms with Gasteiger partial charge in [0.25, 0.3) is 11.5 Å². The van der Waals surface area contributed by atoms with Crippen LogP contribution in [0, 0.1) is 6.92 Å². The predicted octanol–water partition coefficient (Wildman–Crippen LogP) is 3.25. The van der Waals surface area contributed by atoms with Crippen LogP contribution in [0.5, 0.6) is 0 Å². The zero-order valence-electron chi connectivity index (χ0n) is 16.8. The van der Waals surface area contributed by atoms with E-state index in [1.807, 2.05) is 12.1 Å². The van der Waals surface area contributed by atoms with Crippen molar-refractivity contribution in [1.29, 1.82) is 0 Å². The lowest BCUT2D eigenvalue weighted by atomic mass is 10.2. The SMILES string of the molecule is COC(=O)c1ccc(NC(=O)c2sc3ncn(Cc4ccncc4)c(=O)c3c2C)cc1. The Kier molecular flexibility index (Phi) is 5.59. The third-order valence-electron chi connectivity index (χ3n) is 4.79. The van der Waals surface area contributed by atoms with Crippen LogP contribution in [0.15, 0.2) is 59.9 Å². The minimum Gasteiger partial charge on any atom is -0.465 e. The molecule has 0 bridgehead atoms. The van der Waals surface area contributed by atoms with Crippen LogP contribution in [0.4, 0.5) is 5.69 Å². The molecule has 3 heterocycles. The molecule has 0 radical (unpaired) electrons. The number of benzene rings is 1. The van der Waals surface area contributed by atoms with E-state index in [-0.39, 0.29) is 11.5 Å². The molecule has 1 amide bonds. The molecular weight excluding hydrogens is 416 g/mol. The van der Waals surface area contributed by atoms with Gasteiger partial charge in [0.05, 0.1) is 35.8 Å². The van der Waals surface area contributed by atoms with Crippen LogP contribution in [-0.4, -0.2) is 33.5 Å². The van der Waals surface area contributed by atoms with Gasteiger partial charge < -0.3 is 10.1 Å². The van der Waals surface area contributed by atoms with E-state index in [9.17, 15) is 14.4 Å². The molecule has 0 atom stereocenters. The van der Waals surface area contributed by atoms with Gasteiger partial charge >= 0.3 is 5.97 Å². The second-order valence-corrected chi connectivity index (χ2v) is 7.79. The monoisotopic (exact) mass is 434 g/mol. The van der Waals surface area contributed by atoms with Crippen molar-refractivity contribution in [3.05, 3.63) is 87.0 Å². The minimum absolute atomic E-state index is 0.197. The Balaban J connectivity index is 1.61. The molecule has 0 spiro atoms. The van der Waals surface area contributed by atoms with Crippen LogP contribution in [0.3, 0.4) is 0 Å². The summed E-state index contributed by atoms with van der Waals surface area (Å²) in [6.07, 6.45) is 4.83. The number of pyridine rings is 1. The molecule has 31 heavy (non-hydrogen) atoms. The lowest BCUT2D eigenvalue weighted by Gasteiger charge is -2.06. The Morgan fingerprint density at radius 3 is 2.52 bits per heavy atom. The fraction of sp³-hybridized carbons (Fsp3) is 0.136. The molecule has 4 aromatic rings. The first kappa shape index (κ1) is 20.4. The zero-order chi connectivity index (χ0) is 22.0. The van der Waals surface area contributed by atoms with Gasteiger partial charge in [0, 0.05) is 18.1 Å². The van der Waals surface area contributed by atoms with E-state index in [2.05, 4.69) is 20.0 Å². The van der Waals surface area contributed by atoms with Crippen molar-refractivity contribution in [3.63, 3.8) is 0 Å². The molecule has 1 N–H and O–H groups in total. The Hall–Kier alpha value is -3.85. The number of hydrogen-bond acceptors (Lipinski definition) is 7. The van der Waals surface area contributed by atoms with Gasteiger partial charge in [-0.15, -0.1) is 11.3 Å². The highest BCUT2D eigenvalue weighted by Gasteiger charge is 2.20. The summed E-state index contributed by atoms with van der Waals surface area (Å²) in [5.74, 6) is -0.793. The van der Waals surface area contributed by atoms with E-state index in [0.717, 1.165) is 5.56 Å². The van der Waals surface area contributed by atoms with Crippen molar-refractivity contribution in [3.8, 4) is 0 Å². The molecule has 156 valence electrons. The molecule has 0 aliphatic rings. The average molecular weight is 434 g/mol. The first-order chi connectivity index (χ1) is 15.0. The van der Waals surface area contributed by atoms with Gasteiger partial charge in [0.2, 0.25) is 0 Å². The molecule has 0 aliphatic heterocycles. The summed E-state index contributed by atoms with van der Waals surface area (Å²) in [6, 6.07) is 10.0. The van der Waals surface area contributed by atoms with Crippen molar-refractivity contribution >= 4 is 39.1 Å². The van der Waals surface area contributed by atoms with Crippen molar-refractivity contribution in [2.75, 3.05) is 12.4 Å². The van der Waals surface area contributed by atoms with Crippen LogP contribution in [-0.2, 0) is 11.3 Å². The van der Waals surface area contributed by atoms with E-state index in [1.54, 1.807) is 43.6 Å². The summed E-state index contributed by atoms with van der Waals surface area (Å²) in [5.41, 5.74) is 2.23. The minimum atomic E-state index is -0.452. The second-order valence-electron chi connectivity index (χ2n) is 6.79. The van der Waals surface area contributed by atoms with Crippen molar-refractivity contribution < 1.29 is 14.3 Å². The van der Waals surface area contributed by atoms with Crippen LogP contribution >= 0.6 is 11.3 Å². The van der Waals surface area contributed by atoms with Crippen LogP contribution in [0.2, 0.25) is 0 Å². The molecule has 8 nitrogen and oxygen atoms in total. The maximum atomic E-state index is 13.0. The molecule has 1 aromatic carbocycles. The smallest absolute Gasteiger partial charge is 0.337 e. The number of amides is 1. The fourth-order valence-corrected chi connectivity index (χ4v) is 4.20. The number of nitrogens with one attached hydrogen (secondary N) is 1. The van der Waals surface area contributed by atoms with E-state index in [1.165, 1.54) is 29.3 Å². The van der Waals surface area contributed by atoms with Gasteiger partial charge in [0.1, 0.15) is 4.83 Å². The normalized spacial score (nSPS) is 10.8. The number of carbonyl (C=O) groups excluding carboxylic acids is 2. The molecule has 3 aromatic heterocycles. The Bertz CT molecular complexity index is 1330. The van der Waals surface area contributed by atoms with Gasteiger partial charge in [-0.2, -0.15) is 0 Å². The lowest BCUT2D eigenvalue weighted by molar-refractivity contribution is 0.0600. The highest BCUT2D eigenvalue weighted by atomic mass is 32.1. The molecule has 4 rings (SSSR count). The van der Waals surface area contributed by atoms with E-state index < -0.39 is 5.97 Å². The van der Waals surface area contributed by atoms with E-state index in [0.29, 0.717) is 38.5 Å². The van der Waals surface area contributed by atoms with Crippen molar-refractivity contribution in [1.82, 2.24) is 14.5 Å². The number of anilines is 1.